The van der Waals surface area contributed by atoms with Crippen LogP contribution in [0, 0.1) is 6.92 Å². The second-order valence-corrected chi connectivity index (χ2v) is 4.57. The Hall–Kier alpha value is -2.50. The summed E-state index contributed by atoms with van der Waals surface area (Å²) in [7, 11) is 0. The summed E-state index contributed by atoms with van der Waals surface area (Å²) in [6.07, 6.45) is -4.53. The molecule has 0 saturated heterocycles. The number of benzene rings is 2. The van der Waals surface area contributed by atoms with Crippen molar-refractivity contribution < 1.29 is 18.0 Å². The minimum Gasteiger partial charge on any atom is -0.399 e. The van der Waals surface area contributed by atoms with Crippen molar-refractivity contribution >= 4 is 17.3 Å². The van der Waals surface area contributed by atoms with Gasteiger partial charge < -0.3 is 11.1 Å². The van der Waals surface area contributed by atoms with Gasteiger partial charge in [0, 0.05) is 11.3 Å². The zero-order valence-corrected chi connectivity index (χ0v) is 11.2. The standard InChI is InChI=1S/C15H13F3N2O/c1-9-6-7-10(19)8-11(9)14(21)20-13-5-3-2-4-12(13)15(16,17)18/h2-8H,19H2,1H3,(H,20,21). The van der Waals surface area contributed by atoms with Gasteiger partial charge in [-0.15, -0.1) is 0 Å². The molecule has 0 fully saturated rings. The number of amides is 1. The van der Waals surface area contributed by atoms with Crippen LogP contribution >= 0.6 is 0 Å². The Morgan fingerprint density at radius 1 is 1.14 bits per heavy atom. The number of alkyl halides is 3. The van der Waals surface area contributed by atoms with Gasteiger partial charge in [-0.25, -0.2) is 0 Å². The molecule has 0 atom stereocenters. The van der Waals surface area contributed by atoms with Gasteiger partial charge in [-0.1, -0.05) is 18.2 Å². The molecule has 1 amide bonds. The Balaban J connectivity index is 2.35. The highest BCUT2D eigenvalue weighted by Crippen LogP contribution is 2.34. The van der Waals surface area contributed by atoms with Gasteiger partial charge in [0.2, 0.25) is 0 Å². The highest BCUT2D eigenvalue weighted by Gasteiger charge is 2.33. The number of hydrogen-bond acceptors (Lipinski definition) is 2. The number of nitrogens with two attached hydrogens (primary N) is 1. The first kappa shape index (κ1) is 14.9. The maximum absolute atomic E-state index is 12.9. The average Bonchev–Trinajstić information content (AvgIpc) is 2.41. The monoisotopic (exact) mass is 294 g/mol. The molecular weight excluding hydrogens is 281 g/mol. The van der Waals surface area contributed by atoms with Gasteiger partial charge >= 0.3 is 6.18 Å². The summed E-state index contributed by atoms with van der Waals surface area (Å²) in [5.41, 5.74) is 5.67. The number of para-hydroxylation sites is 1. The molecule has 6 heteroatoms. The van der Waals surface area contributed by atoms with E-state index in [1.54, 1.807) is 19.1 Å². The van der Waals surface area contributed by atoms with E-state index in [1.165, 1.54) is 24.3 Å². The van der Waals surface area contributed by atoms with Gasteiger partial charge in [0.25, 0.3) is 5.91 Å². The highest BCUT2D eigenvalue weighted by molar-refractivity contribution is 6.06. The molecular formula is C15H13F3N2O. The van der Waals surface area contributed by atoms with E-state index in [4.69, 9.17) is 5.73 Å². The Morgan fingerprint density at radius 3 is 2.48 bits per heavy atom. The molecule has 21 heavy (non-hydrogen) atoms. The molecule has 2 rings (SSSR count). The normalized spacial score (nSPS) is 11.2. The number of nitrogen functional groups attached to an aromatic ring is 1. The largest absolute Gasteiger partial charge is 0.418 e. The van der Waals surface area contributed by atoms with Gasteiger partial charge in [0.05, 0.1) is 11.3 Å². The fourth-order valence-corrected chi connectivity index (χ4v) is 1.91. The van der Waals surface area contributed by atoms with Crippen molar-refractivity contribution in [2.45, 2.75) is 13.1 Å². The Labute approximate surface area is 119 Å². The van der Waals surface area contributed by atoms with Crippen molar-refractivity contribution in [2.24, 2.45) is 0 Å². The molecule has 110 valence electrons. The second kappa shape index (κ2) is 5.47. The number of halogens is 3. The Bertz CT molecular complexity index is 681. The number of rotatable bonds is 2. The predicted molar refractivity (Wildman–Crippen MR) is 75.0 cm³/mol. The summed E-state index contributed by atoms with van der Waals surface area (Å²) in [6, 6.07) is 9.52. The molecule has 2 aromatic rings. The zero-order valence-electron chi connectivity index (χ0n) is 11.2. The first-order valence-electron chi connectivity index (χ1n) is 6.13. The van der Waals surface area contributed by atoms with Crippen LogP contribution in [0.5, 0.6) is 0 Å². The van der Waals surface area contributed by atoms with E-state index in [2.05, 4.69) is 5.32 Å². The second-order valence-electron chi connectivity index (χ2n) is 4.57. The predicted octanol–water partition coefficient (Wildman–Crippen LogP) is 3.85. The topological polar surface area (TPSA) is 55.1 Å². The van der Waals surface area contributed by atoms with Crippen molar-refractivity contribution in [1.82, 2.24) is 0 Å². The first-order valence-corrected chi connectivity index (χ1v) is 6.13. The van der Waals surface area contributed by atoms with Crippen LogP contribution < -0.4 is 11.1 Å². The van der Waals surface area contributed by atoms with Crippen molar-refractivity contribution in [2.75, 3.05) is 11.1 Å². The fourth-order valence-electron chi connectivity index (χ4n) is 1.91. The lowest BCUT2D eigenvalue weighted by Crippen LogP contribution is -2.17. The highest BCUT2D eigenvalue weighted by atomic mass is 19.4. The summed E-state index contributed by atoms with van der Waals surface area (Å²) in [5, 5.41) is 2.29. The third-order valence-electron chi connectivity index (χ3n) is 2.99. The Morgan fingerprint density at radius 2 is 1.81 bits per heavy atom. The summed E-state index contributed by atoms with van der Waals surface area (Å²) >= 11 is 0. The van der Waals surface area contributed by atoms with E-state index in [-0.39, 0.29) is 11.3 Å². The third kappa shape index (κ3) is 3.34. The van der Waals surface area contributed by atoms with Crippen LogP contribution in [0.2, 0.25) is 0 Å². The van der Waals surface area contributed by atoms with Crippen LogP contribution in [0.1, 0.15) is 21.5 Å². The molecule has 0 heterocycles. The summed E-state index contributed by atoms with van der Waals surface area (Å²) < 4.78 is 38.6. The molecule has 0 radical (unpaired) electrons. The number of anilines is 2. The first-order chi connectivity index (χ1) is 9.79. The van der Waals surface area contributed by atoms with Crippen molar-refractivity contribution in [1.29, 1.82) is 0 Å². The summed E-state index contributed by atoms with van der Waals surface area (Å²) in [4.78, 5) is 12.1. The van der Waals surface area contributed by atoms with Crippen LogP contribution in [0.3, 0.4) is 0 Å². The number of carbonyl (C=O) groups is 1. The third-order valence-corrected chi connectivity index (χ3v) is 2.99. The lowest BCUT2D eigenvalue weighted by Gasteiger charge is -2.14. The summed E-state index contributed by atoms with van der Waals surface area (Å²) in [6.45, 7) is 1.68. The van der Waals surface area contributed by atoms with Gasteiger partial charge in [0.1, 0.15) is 0 Å². The van der Waals surface area contributed by atoms with E-state index in [1.807, 2.05) is 0 Å². The maximum Gasteiger partial charge on any atom is 0.418 e. The van der Waals surface area contributed by atoms with Crippen LogP contribution in [-0.2, 0) is 6.18 Å². The number of carbonyl (C=O) groups excluding carboxylic acids is 1. The minimum atomic E-state index is -4.53. The van der Waals surface area contributed by atoms with Crippen molar-refractivity contribution in [3.8, 4) is 0 Å². The van der Waals surface area contributed by atoms with E-state index in [0.29, 0.717) is 11.3 Å². The Kier molecular flexibility index (Phi) is 3.88. The van der Waals surface area contributed by atoms with Gasteiger partial charge in [-0.2, -0.15) is 13.2 Å². The van der Waals surface area contributed by atoms with Crippen LogP contribution in [0.15, 0.2) is 42.5 Å². The fraction of sp³-hybridized carbons (Fsp3) is 0.133. The maximum atomic E-state index is 12.9. The van der Waals surface area contributed by atoms with Crippen LogP contribution in [-0.4, -0.2) is 5.91 Å². The lowest BCUT2D eigenvalue weighted by molar-refractivity contribution is -0.136. The van der Waals surface area contributed by atoms with Gasteiger partial charge in [-0.3, -0.25) is 4.79 Å². The number of aryl methyl sites for hydroxylation is 1. The molecule has 0 aliphatic heterocycles. The molecule has 0 unspecified atom stereocenters. The molecule has 0 bridgehead atoms. The molecule has 3 N–H and O–H groups in total. The van der Waals surface area contributed by atoms with Crippen molar-refractivity contribution in [3.05, 3.63) is 59.2 Å². The van der Waals surface area contributed by atoms with E-state index >= 15 is 0 Å². The number of nitrogens with one attached hydrogen (secondary N) is 1. The minimum absolute atomic E-state index is 0.243. The molecule has 0 aliphatic rings. The average molecular weight is 294 g/mol. The molecule has 0 aliphatic carbocycles. The van der Waals surface area contributed by atoms with Crippen LogP contribution in [0.25, 0.3) is 0 Å². The SMILES string of the molecule is Cc1ccc(N)cc1C(=O)Nc1ccccc1C(F)(F)F. The zero-order chi connectivity index (χ0) is 15.6. The quantitative estimate of drug-likeness (QED) is 0.827. The number of hydrogen-bond donors (Lipinski definition) is 2. The van der Waals surface area contributed by atoms with Gasteiger partial charge in [-0.05, 0) is 36.8 Å². The van der Waals surface area contributed by atoms with E-state index in [9.17, 15) is 18.0 Å². The lowest BCUT2D eigenvalue weighted by atomic mass is 10.1. The van der Waals surface area contributed by atoms with E-state index < -0.39 is 17.6 Å². The van der Waals surface area contributed by atoms with E-state index in [0.717, 1.165) is 6.07 Å². The van der Waals surface area contributed by atoms with Gasteiger partial charge in [0.15, 0.2) is 0 Å². The molecule has 0 saturated carbocycles. The van der Waals surface area contributed by atoms with Crippen molar-refractivity contribution in [3.63, 3.8) is 0 Å². The van der Waals surface area contributed by atoms with Crippen LogP contribution in [0.4, 0.5) is 24.5 Å². The molecule has 3 nitrogen and oxygen atoms in total. The summed E-state index contributed by atoms with van der Waals surface area (Å²) in [5.74, 6) is -0.628. The smallest absolute Gasteiger partial charge is 0.399 e. The molecule has 0 aromatic heterocycles. The molecule has 0 spiro atoms. The molecule has 2 aromatic carbocycles.